The summed E-state index contributed by atoms with van der Waals surface area (Å²) in [6.45, 7) is 1.77. The molecular weight excluding hydrogens is 321 g/mol. The van der Waals surface area contributed by atoms with Crippen molar-refractivity contribution in [3.63, 3.8) is 0 Å². The fourth-order valence-corrected chi connectivity index (χ4v) is 2.08. The largest absolute Gasteiger partial charge is 0.490 e. The summed E-state index contributed by atoms with van der Waals surface area (Å²) < 4.78 is 5.74. The molecule has 0 spiro atoms. The zero-order chi connectivity index (χ0) is 14.0. The second-order valence-corrected chi connectivity index (χ2v) is 4.83. The fraction of sp³-hybridized carbons (Fsp3) is 0.500. The van der Waals surface area contributed by atoms with Crippen molar-refractivity contribution in [3.8, 4) is 23.7 Å². The van der Waals surface area contributed by atoms with Crippen LogP contribution in [0.25, 0.3) is 0 Å². The minimum atomic E-state index is 0. The van der Waals surface area contributed by atoms with Crippen LogP contribution in [0, 0.1) is 23.2 Å². The Balaban J connectivity index is 0.00000220. The monoisotopic (exact) mass is 341 g/mol. The third-order valence-corrected chi connectivity index (χ3v) is 3.15. The van der Waals surface area contributed by atoms with E-state index in [1.807, 2.05) is 6.07 Å². The van der Waals surface area contributed by atoms with Crippen molar-refractivity contribution >= 4 is 24.8 Å². The summed E-state index contributed by atoms with van der Waals surface area (Å²) in [6.07, 6.45) is 7.97. The van der Waals surface area contributed by atoms with E-state index < -0.39 is 0 Å². The van der Waals surface area contributed by atoms with Crippen LogP contribution < -0.4 is 10.1 Å². The number of rotatable bonds is 5. The molecule has 6 heteroatoms. The first kappa shape index (κ1) is 20.5. The Morgan fingerprint density at radius 1 is 1.32 bits per heavy atom. The number of nitrogens with zero attached hydrogens (tertiary/aromatic N) is 2. The zero-order valence-electron chi connectivity index (χ0n) is 12.4. The molecule has 1 aliphatic rings. The molecule has 1 saturated heterocycles. The van der Waals surface area contributed by atoms with Crippen LogP contribution in [0.5, 0.6) is 5.75 Å². The second kappa shape index (κ2) is 12.1. The number of pyridine rings is 1. The number of aromatic nitrogens is 1. The molecule has 0 amide bonds. The van der Waals surface area contributed by atoms with Gasteiger partial charge in [0, 0.05) is 30.6 Å². The summed E-state index contributed by atoms with van der Waals surface area (Å²) in [5, 5.41) is 11.8. The van der Waals surface area contributed by atoms with Crippen LogP contribution in [-0.2, 0) is 0 Å². The van der Waals surface area contributed by atoms with Gasteiger partial charge in [0.25, 0.3) is 0 Å². The van der Waals surface area contributed by atoms with Crippen molar-refractivity contribution in [2.45, 2.75) is 38.1 Å². The van der Waals surface area contributed by atoms with Gasteiger partial charge in [0.2, 0.25) is 0 Å². The molecule has 4 nitrogen and oxygen atoms in total. The number of nitrogens with one attached hydrogen (secondary N) is 1. The summed E-state index contributed by atoms with van der Waals surface area (Å²) >= 11 is 0. The average molecular weight is 342 g/mol. The van der Waals surface area contributed by atoms with E-state index in [1.54, 1.807) is 12.4 Å². The van der Waals surface area contributed by atoms with Crippen molar-refractivity contribution in [2.24, 2.45) is 0 Å². The predicted molar refractivity (Wildman–Crippen MR) is 91.6 cm³/mol. The Morgan fingerprint density at radius 3 is 2.91 bits per heavy atom. The van der Waals surface area contributed by atoms with Gasteiger partial charge in [0.15, 0.2) is 0 Å². The van der Waals surface area contributed by atoms with Gasteiger partial charge in [0.1, 0.15) is 12.4 Å². The number of nitriles is 1. The van der Waals surface area contributed by atoms with Gasteiger partial charge in [-0.1, -0.05) is 11.8 Å². The number of hydrogen-bond acceptors (Lipinski definition) is 4. The first-order valence-corrected chi connectivity index (χ1v) is 7.05. The van der Waals surface area contributed by atoms with Crippen molar-refractivity contribution in [2.75, 3.05) is 13.2 Å². The average Bonchev–Trinajstić information content (AvgIpc) is 2.99. The molecule has 1 fully saturated rings. The number of ether oxygens (including phenoxy) is 1. The molecule has 0 radical (unpaired) electrons. The van der Waals surface area contributed by atoms with Crippen molar-refractivity contribution in [3.05, 3.63) is 24.0 Å². The van der Waals surface area contributed by atoms with E-state index in [2.05, 4.69) is 28.2 Å². The molecule has 120 valence electrons. The summed E-state index contributed by atoms with van der Waals surface area (Å²) in [4.78, 5) is 4.14. The van der Waals surface area contributed by atoms with E-state index in [4.69, 9.17) is 10.00 Å². The minimum Gasteiger partial charge on any atom is -0.490 e. The van der Waals surface area contributed by atoms with Gasteiger partial charge in [-0.25, -0.2) is 0 Å². The van der Waals surface area contributed by atoms with Crippen LogP contribution in [-0.4, -0.2) is 24.2 Å². The lowest BCUT2D eigenvalue weighted by Gasteiger charge is -2.11. The SMILES string of the molecule is Cl.Cl.N#CCCCC#Cc1cncc(OC[C@@H]2CCCN2)c1. The molecule has 1 aliphatic heterocycles. The summed E-state index contributed by atoms with van der Waals surface area (Å²) in [7, 11) is 0. The van der Waals surface area contributed by atoms with Crippen molar-refractivity contribution in [1.29, 1.82) is 5.26 Å². The lowest BCUT2D eigenvalue weighted by atomic mass is 10.2. The maximum absolute atomic E-state index is 8.44. The molecule has 0 bridgehead atoms. The van der Waals surface area contributed by atoms with E-state index >= 15 is 0 Å². The van der Waals surface area contributed by atoms with Gasteiger partial charge >= 0.3 is 0 Å². The molecule has 1 atom stereocenters. The van der Waals surface area contributed by atoms with Crippen LogP contribution in [0.3, 0.4) is 0 Å². The topological polar surface area (TPSA) is 57.9 Å². The molecule has 1 aromatic rings. The Kier molecular flexibility index (Phi) is 11.3. The molecule has 0 aromatic carbocycles. The number of hydrogen-bond donors (Lipinski definition) is 1. The first-order chi connectivity index (χ1) is 9.88. The highest BCUT2D eigenvalue weighted by atomic mass is 35.5. The molecule has 22 heavy (non-hydrogen) atoms. The van der Waals surface area contributed by atoms with E-state index in [9.17, 15) is 0 Å². The Bertz CT molecular complexity index is 528. The quantitative estimate of drug-likeness (QED) is 0.660. The van der Waals surface area contributed by atoms with Crippen molar-refractivity contribution < 1.29 is 4.74 Å². The molecule has 0 saturated carbocycles. The van der Waals surface area contributed by atoms with Crippen LogP contribution in [0.15, 0.2) is 18.5 Å². The smallest absolute Gasteiger partial charge is 0.138 e. The highest BCUT2D eigenvalue weighted by Gasteiger charge is 2.14. The predicted octanol–water partition coefficient (Wildman–Crippen LogP) is 3.10. The van der Waals surface area contributed by atoms with Gasteiger partial charge in [-0.15, -0.1) is 24.8 Å². The van der Waals surface area contributed by atoms with E-state index in [1.165, 1.54) is 12.8 Å². The van der Waals surface area contributed by atoms with Crippen LogP contribution in [0.1, 0.15) is 37.7 Å². The lowest BCUT2D eigenvalue weighted by molar-refractivity contribution is 0.276. The minimum absolute atomic E-state index is 0. The fourth-order valence-electron chi connectivity index (χ4n) is 2.08. The van der Waals surface area contributed by atoms with Gasteiger partial charge < -0.3 is 10.1 Å². The molecule has 0 unspecified atom stereocenters. The lowest BCUT2D eigenvalue weighted by Crippen LogP contribution is -2.28. The Labute approximate surface area is 144 Å². The van der Waals surface area contributed by atoms with Crippen molar-refractivity contribution in [1.82, 2.24) is 10.3 Å². The van der Waals surface area contributed by atoms with Gasteiger partial charge in [-0.3, -0.25) is 4.98 Å². The first-order valence-electron chi connectivity index (χ1n) is 7.05. The summed E-state index contributed by atoms with van der Waals surface area (Å²) in [5.41, 5.74) is 0.860. The highest BCUT2D eigenvalue weighted by molar-refractivity contribution is 5.85. The Hall–Kier alpha value is -1.46. The van der Waals surface area contributed by atoms with Gasteiger partial charge in [-0.2, -0.15) is 5.26 Å². The van der Waals surface area contributed by atoms with E-state index in [-0.39, 0.29) is 24.8 Å². The normalized spacial score (nSPS) is 15.5. The maximum atomic E-state index is 8.44. The highest BCUT2D eigenvalue weighted by Crippen LogP contribution is 2.13. The maximum Gasteiger partial charge on any atom is 0.138 e. The molecule has 1 N–H and O–H groups in total. The molecule has 2 heterocycles. The van der Waals surface area contributed by atoms with E-state index in [0.29, 0.717) is 19.1 Å². The third kappa shape index (κ3) is 7.52. The van der Waals surface area contributed by atoms with Crippen LogP contribution >= 0.6 is 24.8 Å². The standard InChI is InChI=1S/C16H19N3O.2ClH/c17-8-4-2-1-3-6-14-10-16(12-18-11-14)20-13-15-7-5-9-19-15;;/h10-12,15,19H,1-2,4-5,7,9,13H2;2*1H/t15-;;/m0../s1. The number of halogens is 2. The molecular formula is C16H21Cl2N3O. The molecule has 2 rings (SSSR count). The second-order valence-electron chi connectivity index (χ2n) is 4.83. The molecule has 1 aromatic heterocycles. The Morgan fingerprint density at radius 2 is 2.18 bits per heavy atom. The van der Waals surface area contributed by atoms with E-state index in [0.717, 1.165) is 30.7 Å². The zero-order valence-corrected chi connectivity index (χ0v) is 14.0. The summed E-state index contributed by atoms with van der Waals surface area (Å²) in [6, 6.07) is 4.48. The van der Waals surface area contributed by atoms with Crippen LogP contribution in [0.4, 0.5) is 0 Å². The summed E-state index contributed by atoms with van der Waals surface area (Å²) in [5.74, 6) is 6.87. The molecule has 0 aliphatic carbocycles. The number of unbranched alkanes of at least 4 members (excludes halogenated alkanes) is 2. The van der Waals surface area contributed by atoms with Crippen LogP contribution in [0.2, 0.25) is 0 Å². The van der Waals surface area contributed by atoms with Gasteiger partial charge in [-0.05, 0) is 31.9 Å². The van der Waals surface area contributed by atoms with Gasteiger partial charge in [0.05, 0.1) is 12.3 Å². The third-order valence-electron chi connectivity index (χ3n) is 3.15.